The van der Waals surface area contributed by atoms with Gasteiger partial charge in [0.2, 0.25) is 0 Å². The maximum Gasteiger partial charge on any atom is 0.178 e. The highest BCUT2D eigenvalue weighted by Gasteiger charge is 2.08. The van der Waals surface area contributed by atoms with Crippen LogP contribution in [0.5, 0.6) is 0 Å². The Hall–Kier alpha value is -0.520. The molecule has 0 saturated heterocycles. The largest absolute Gasteiger partial charge is 0.330 e. The van der Waals surface area contributed by atoms with Crippen molar-refractivity contribution in [3.63, 3.8) is 0 Å². The van der Waals surface area contributed by atoms with Crippen LogP contribution in [0.1, 0.15) is 12.8 Å². The highest BCUT2D eigenvalue weighted by atomic mass is 35.5. The van der Waals surface area contributed by atoms with Crippen LogP contribution in [-0.2, 0) is 6.54 Å². The SMILES string of the molecule is CSCCCCn1c(=S)[nH]c2cc(F)c(Cl)cc21. The molecule has 2 aromatic rings. The summed E-state index contributed by atoms with van der Waals surface area (Å²) in [4.78, 5) is 3.01. The molecular weight excluding hydrogens is 291 g/mol. The normalized spacial score (nSPS) is 11.3. The van der Waals surface area contributed by atoms with Gasteiger partial charge >= 0.3 is 0 Å². The number of benzene rings is 1. The van der Waals surface area contributed by atoms with Gasteiger partial charge in [0.1, 0.15) is 5.82 Å². The summed E-state index contributed by atoms with van der Waals surface area (Å²) >= 11 is 12.9. The Labute approximate surface area is 120 Å². The predicted molar refractivity (Wildman–Crippen MR) is 79.7 cm³/mol. The number of rotatable bonds is 5. The molecule has 98 valence electrons. The van der Waals surface area contributed by atoms with Gasteiger partial charge < -0.3 is 9.55 Å². The van der Waals surface area contributed by atoms with Gasteiger partial charge in [0, 0.05) is 12.6 Å². The van der Waals surface area contributed by atoms with E-state index in [1.54, 1.807) is 6.07 Å². The summed E-state index contributed by atoms with van der Waals surface area (Å²) < 4.78 is 15.9. The first-order valence-corrected chi connectivity index (χ1v) is 7.88. The molecule has 1 heterocycles. The highest BCUT2D eigenvalue weighted by Crippen LogP contribution is 2.23. The molecular formula is C12H14ClFN2S2. The van der Waals surface area contributed by atoms with E-state index in [2.05, 4.69) is 11.2 Å². The average Bonchev–Trinajstić information content (AvgIpc) is 2.62. The Kier molecular flexibility index (Phi) is 4.70. The van der Waals surface area contributed by atoms with Crippen molar-refractivity contribution >= 4 is 46.6 Å². The van der Waals surface area contributed by atoms with Gasteiger partial charge in [0.05, 0.1) is 16.1 Å². The average molecular weight is 305 g/mol. The van der Waals surface area contributed by atoms with Gasteiger partial charge in [-0.2, -0.15) is 11.8 Å². The zero-order valence-electron chi connectivity index (χ0n) is 10.0. The van der Waals surface area contributed by atoms with Crippen LogP contribution in [-0.4, -0.2) is 21.6 Å². The van der Waals surface area contributed by atoms with Gasteiger partial charge in [0.15, 0.2) is 4.77 Å². The van der Waals surface area contributed by atoms with E-state index in [0.29, 0.717) is 10.3 Å². The third kappa shape index (κ3) is 2.90. The first kappa shape index (κ1) is 13.9. The zero-order valence-corrected chi connectivity index (χ0v) is 12.4. The van der Waals surface area contributed by atoms with Crippen LogP contribution in [0, 0.1) is 10.6 Å². The Balaban J connectivity index is 2.29. The van der Waals surface area contributed by atoms with Gasteiger partial charge in [-0.1, -0.05) is 11.6 Å². The molecule has 2 nitrogen and oxygen atoms in total. The van der Waals surface area contributed by atoms with Crippen LogP contribution in [0.15, 0.2) is 12.1 Å². The van der Waals surface area contributed by atoms with Crippen molar-refractivity contribution in [2.75, 3.05) is 12.0 Å². The number of hydrogen-bond acceptors (Lipinski definition) is 2. The van der Waals surface area contributed by atoms with Gasteiger partial charge in [-0.25, -0.2) is 4.39 Å². The molecule has 0 amide bonds. The van der Waals surface area contributed by atoms with Crippen LogP contribution >= 0.6 is 35.6 Å². The van der Waals surface area contributed by atoms with Crippen LogP contribution in [0.2, 0.25) is 5.02 Å². The molecule has 0 bridgehead atoms. The molecule has 1 aromatic heterocycles. The third-order valence-electron chi connectivity index (χ3n) is 2.80. The number of aryl methyl sites for hydroxylation is 1. The second-order valence-corrected chi connectivity index (χ2v) is 5.84. The summed E-state index contributed by atoms with van der Waals surface area (Å²) in [5, 5.41) is 0.134. The minimum absolute atomic E-state index is 0.134. The van der Waals surface area contributed by atoms with Crippen molar-refractivity contribution in [2.45, 2.75) is 19.4 Å². The predicted octanol–water partition coefficient (Wildman–Crippen LogP) is 4.63. The second kappa shape index (κ2) is 6.08. The minimum Gasteiger partial charge on any atom is -0.330 e. The summed E-state index contributed by atoms with van der Waals surface area (Å²) in [6, 6.07) is 3.03. The minimum atomic E-state index is -0.421. The third-order valence-corrected chi connectivity index (χ3v) is 4.11. The van der Waals surface area contributed by atoms with E-state index in [9.17, 15) is 4.39 Å². The summed E-state index contributed by atoms with van der Waals surface area (Å²) in [5.74, 6) is 0.723. The first-order valence-electron chi connectivity index (χ1n) is 5.70. The van der Waals surface area contributed by atoms with E-state index in [1.807, 2.05) is 16.3 Å². The molecule has 18 heavy (non-hydrogen) atoms. The summed E-state index contributed by atoms with van der Waals surface area (Å²) in [6.07, 6.45) is 4.29. The molecule has 2 rings (SSSR count). The molecule has 6 heteroatoms. The van der Waals surface area contributed by atoms with Crippen LogP contribution in [0.25, 0.3) is 11.0 Å². The van der Waals surface area contributed by atoms with E-state index in [1.165, 1.54) is 6.07 Å². The van der Waals surface area contributed by atoms with Crippen LogP contribution < -0.4 is 0 Å². The Morgan fingerprint density at radius 1 is 1.44 bits per heavy atom. The number of imidazole rings is 1. The fourth-order valence-corrected chi connectivity index (χ4v) is 2.84. The topological polar surface area (TPSA) is 20.7 Å². The lowest BCUT2D eigenvalue weighted by Gasteiger charge is -2.04. The quantitative estimate of drug-likeness (QED) is 0.642. The lowest BCUT2D eigenvalue weighted by atomic mass is 10.3. The van der Waals surface area contributed by atoms with E-state index in [0.717, 1.165) is 30.7 Å². The van der Waals surface area contributed by atoms with E-state index < -0.39 is 5.82 Å². The highest BCUT2D eigenvalue weighted by molar-refractivity contribution is 7.98. The number of thioether (sulfide) groups is 1. The van der Waals surface area contributed by atoms with Crippen molar-refractivity contribution in [3.8, 4) is 0 Å². The van der Waals surface area contributed by atoms with Crippen LogP contribution in [0.3, 0.4) is 0 Å². The molecule has 0 radical (unpaired) electrons. The molecule has 0 aliphatic carbocycles. The van der Waals surface area contributed by atoms with E-state index in [-0.39, 0.29) is 5.02 Å². The van der Waals surface area contributed by atoms with Crippen LogP contribution in [0.4, 0.5) is 4.39 Å². The van der Waals surface area contributed by atoms with Gasteiger partial charge in [0.25, 0.3) is 0 Å². The number of aromatic nitrogens is 2. The van der Waals surface area contributed by atoms with Crippen molar-refractivity contribution in [1.29, 1.82) is 0 Å². The number of halogens is 2. The number of nitrogens with zero attached hydrogens (tertiary/aromatic N) is 1. The Bertz CT molecular complexity index is 606. The van der Waals surface area contributed by atoms with Crippen molar-refractivity contribution in [2.24, 2.45) is 0 Å². The van der Waals surface area contributed by atoms with E-state index >= 15 is 0 Å². The van der Waals surface area contributed by atoms with E-state index in [4.69, 9.17) is 23.8 Å². The zero-order chi connectivity index (χ0) is 13.1. The summed E-state index contributed by atoms with van der Waals surface area (Å²) in [5.41, 5.74) is 1.57. The molecule has 0 spiro atoms. The number of hydrogen-bond donors (Lipinski definition) is 1. The first-order chi connectivity index (χ1) is 8.63. The van der Waals surface area contributed by atoms with Gasteiger partial charge in [-0.3, -0.25) is 0 Å². The molecule has 0 aliphatic rings. The molecule has 1 aromatic carbocycles. The summed E-state index contributed by atoms with van der Waals surface area (Å²) in [6.45, 7) is 0.835. The number of nitrogens with one attached hydrogen (secondary N) is 1. The smallest absolute Gasteiger partial charge is 0.178 e. The maximum atomic E-state index is 13.3. The molecule has 0 saturated carbocycles. The van der Waals surface area contributed by atoms with Gasteiger partial charge in [-0.15, -0.1) is 0 Å². The monoisotopic (exact) mass is 304 g/mol. The summed E-state index contributed by atoms with van der Waals surface area (Å²) in [7, 11) is 0. The fraction of sp³-hybridized carbons (Fsp3) is 0.417. The number of aromatic amines is 1. The molecule has 0 unspecified atom stereocenters. The van der Waals surface area contributed by atoms with Crippen molar-refractivity contribution < 1.29 is 4.39 Å². The molecule has 0 fully saturated rings. The molecule has 0 aliphatic heterocycles. The molecule has 1 N–H and O–H groups in total. The lowest BCUT2D eigenvalue weighted by Crippen LogP contribution is -1.98. The van der Waals surface area contributed by atoms with Gasteiger partial charge in [-0.05, 0) is 43.1 Å². The number of unbranched alkanes of at least 4 members (excludes halogenated alkanes) is 1. The number of H-pyrrole nitrogens is 1. The lowest BCUT2D eigenvalue weighted by molar-refractivity contribution is 0.628. The van der Waals surface area contributed by atoms with Crippen molar-refractivity contribution in [3.05, 3.63) is 27.7 Å². The Morgan fingerprint density at radius 3 is 2.94 bits per heavy atom. The molecule has 0 atom stereocenters. The number of fused-ring (bicyclic) bond motifs is 1. The second-order valence-electron chi connectivity index (χ2n) is 4.07. The standard InChI is InChI=1S/C12H14ClFN2S2/c1-18-5-3-2-4-16-11-6-8(13)9(14)7-10(11)15-12(16)17/h6-7H,2-5H2,1H3,(H,15,17). The maximum absolute atomic E-state index is 13.3. The Morgan fingerprint density at radius 2 is 2.22 bits per heavy atom. The fourth-order valence-electron chi connectivity index (χ4n) is 1.89. The van der Waals surface area contributed by atoms with Crippen molar-refractivity contribution in [1.82, 2.24) is 9.55 Å².